The van der Waals surface area contributed by atoms with E-state index in [0.29, 0.717) is 12.4 Å². The molecule has 2 N–H and O–H groups in total. The summed E-state index contributed by atoms with van der Waals surface area (Å²) >= 11 is 0. The maximum Gasteiger partial charge on any atom is 0.321 e. The van der Waals surface area contributed by atoms with E-state index >= 15 is 0 Å². The third-order valence-electron chi connectivity index (χ3n) is 2.66. The molecule has 0 unspecified atom stereocenters. The van der Waals surface area contributed by atoms with E-state index in [4.69, 9.17) is 0 Å². The van der Waals surface area contributed by atoms with E-state index in [1.54, 1.807) is 31.0 Å². The lowest BCUT2D eigenvalue weighted by Crippen LogP contribution is -2.28. The summed E-state index contributed by atoms with van der Waals surface area (Å²) in [4.78, 5) is 15.7. The zero-order valence-electron chi connectivity index (χ0n) is 11.3. The number of alkyl halides is 1. The number of aryl methyl sites for hydroxylation is 3. The molecule has 108 valence electrons. The predicted octanol–water partition coefficient (Wildman–Crippen LogP) is 0.611. The Labute approximate surface area is 115 Å². The van der Waals surface area contributed by atoms with Crippen LogP contribution in [0.3, 0.4) is 0 Å². The highest BCUT2D eigenvalue weighted by molar-refractivity contribution is 5.87. The molecule has 2 amide bonds. The number of nitrogens with zero attached hydrogens (tertiary/aromatic N) is 5. The topological polar surface area (TPSA) is 89.7 Å². The lowest BCUT2D eigenvalue weighted by Gasteiger charge is -2.02. The molecule has 9 heteroatoms. The number of hydrogen-bond acceptors (Lipinski definition) is 4. The molecule has 0 radical (unpaired) electrons. The van der Waals surface area contributed by atoms with Crippen LogP contribution in [0.15, 0.2) is 12.4 Å². The summed E-state index contributed by atoms with van der Waals surface area (Å²) in [6.07, 6.45) is 3.27. The van der Waals surface area contributed by atoms with Crippen molar-refractivity contribution in [3.8, 4) is 0 Å². The maximum absolute atomic E-state index is 12.1. The smallest absolute Gasteiger partial charge is 0.321 e. The van der Waals surface area contributed by atoms with Gasteiger partial charge < -0.3 is 5.32 Å². The fourth-order valence-electron chi connectivity index (χ4n) is 1.55. The van der Waals surface area contributed by atoms with Gasteiger partial charge in [-0.2, -0.15) is 10.1 Å². The van der Waals surface area contributed by atoms with E-state index in [9.17, 15) is 9.18 Å². The summed E-state index contributed by atoms with van der Waals surface area (Å²) in [6, 6.07) is -0.408. The number of hydrogen-bond donors (Lipinski definition) is 2. The fraction of sp³-hybridized carbons (Fsp3) is 0.455. The Morgan fingerprint density at radius 3 is 2.95 bits per heavy atom. The third-order valence-corrected chi connectivity index (χ3v) is 2.66. The van der Waals surface area contributed by atoms with Crippen molar-refractivity contribution in [3.05, 3.63) is 23.8 Å². The SMILES string of the molecule is Cc1nc(NC(=O)NCc2cnn(CCF)c2)nn1C. The molecule has 0 saturated carbocycles. The van der Waals surface area contributed by atoms with Crippen LogP contribution in [0, 0.1) is 6.92 Å². The Morgan fingerprint density at radius 1 is 1.50 bits per heavy atom. The Kier molecular flexibility index (Phi) is 4.28. The summed E-state index contributed by atoms with van der Waals surface area (Å²) < 4.78 is 15.2. The summed E-state index contributed by atoms with van der Waals surface area (Å²) in [5.74, 6) is 0.948. The third kappa shape index (κ3) is 3.53. The average molecular weight is 281 g/mol. The first-order valence-electron chi connectivity index (χ1n) is 6.08. The van der Waals surface area contributed by atoms with Crippen LogP contribution in [0.2, 0.25) is 0 Å². The summed E-state index contributed by atoms with van der Waals surface area (Å²) in [5, 5.41) is 13.1. The molecule has 0 aliphatic carbocycles. The summed E-state index contributed by atoms with van der Waals surface area (Å²) in [6.45, 7) is 1.82. The zero-order chi connectivity index (χ0) is 14.5. The summed E-state index contributed by atoms with van der Waals surface area (Å²) in [5.41, 5.74) is 0.791. The molecule has 0 aliphatic heterocycles. The van der Waals surface area contributed by atoms with Crippen LogP contribution in [-0.4, -0.2) is 37.3 Å². The van der Waals surface area contributed by atoms with Crippen molar-refractivity contribution < 1.29 is 9.18 Å². The molecule has 0 saturated heterocycles. The van der Waals surface area contributed by atoms with Crippen molar-refractivity contribution in [1.82, 2.24) is 29.9 Å². The van der Waals surface area contributed by atoms with Gasteiger partial charge in [0.1, 0.15) is 12.5 Å². The van der Waals surface area contributed by atoms with Gasteiger partial charge in [-0.1, -0.05) is 0 Å². The first-order chi connectivity index (χ1) is 9.58. The first-order valence-corrected chi connectivity index (χ1v) is 6.08. The number of urea groups is 1. The van der Waals surface area contributed by atoms with E-state index < -0.39 is 12.7 Å². The molecule has 2 aromatic heterocycles. The maximum atomic E-state index is 12.1. The Balaban J connectivity index is 1.82. The molecule has 20 heavy (non-hydrogen) atoms. The van der Waals surface area contributed by atoms with E-state index in [0.717, 1.165) is 5.56 Å². The van der Waals surface area contributed by atoms with E-state index in [1.165, 1.54) is 4.68 Å². The summed E-state index contributed by atoms with van der Waals surface area (Å²) in [7, 11) is 1.74. The van der Waals surface area contributed by atoms with E-state index in [-0.39, 0.29) is 12.5 Å². The molecule has 0 bridgehead atoms. The molecule has 0 aliphatic rings. The van der Waals surface area contributed by atoms with Crippen molar-refractivity contribution >= 4 is 12.0 Å². The first kappa shape index (κ1) is 14.0. The molecule has 2 aromatic rings. The van der Waals surface area contributed by atoms with Gasteiger partial charge >= 0.3 is 6.03 Å². The number of aromatic nitrogens is 5. The van der Waals surface area contributed by atoms with Gasteiger partial charge in [-0.3, -0.25) is 14.7 Å². The molecular weight excluding hydrogens is 265 g/mol. The standard InChI is InChI=1S/C11H16FN7O/c1-8-15-10(17-18(8)2)16-11(20)13-5-9-6-14-19(7-9)4-3-12/h6-7H,3-5H2,1-2H3,(H2,13,16,17,20). The van der Waals surface area contributed by atoms with Crippen LogP contribution in [0.1, 0.15) is 11.4 Å². The Morgan fingerprint density at radius 2 is 2.30 bits per heavy atom. The monoisotopic (exact) mass is 281 g/mol. The minimum atomic E-state index is -0.472. The molecule has 0 spiro atoms. The second kappa shape index (κ2) is 6.13. The molecular formula is C11H16FN7O. The fourth-order valence-corrected chi connectivity index (χ4v) is 1.55. The minimum Gasteiger partial charge on any atom is -0.334 e. The van der Waals surface area contributed by atoms with Crippen LogP contribution in [-0.2, 0) is 20.1 Å². The van der Waals surface area contributed by atoms with Crippen LogP contribution >= 0.6 is 0 Å². The van der Waals surface area contributed by atoms with Crippen molar-refractivity contribution in [2.75, 3.05) is 12.0 Å². The van der Waals surface area contributed by atoms with Gasteiger partial charge in [0.25, 0.3) is 0 Å². The lowest BCUT2D eigenvalue weighted by molar-refractivity contribution is 0.251. The van der Waals surface area contributed by atoms with E-state index in [1.807, 2.05) is 0 Å². The molecule has 2 heterocycles. The number of anilines is 1. The predicted molar refractivity (Wildman–Crippen MR) is 69.8 cm³/mol. The van der Waals surface area contributed by atoms with Crippen molar-refractivity contribution in [2.24, 2.45) is 7.05 Å². The second-order valence-corrected chi connectivity index (χ2v) is 4.21. The number of carbonyl (C=O) groups is 1. The molecule has 2 rings (SSSR count). The molecule has 8 nitrogen and oxygen atoms in total. The largest absolute Gasteiger partial charge is 0.334 e. The van der Waals surface area contributed by atoms with Gasteiger partial charge in [0.2, 0.25) is 5.95 Å². The number of halogens is 1. The van der Waals surface area contributed by atoms with Gasteiger partial charge in [0.15, 0.2) is 0 Å². The van der Waals surface area contributed by atoms with Crippen LogP contribution in [0.4, 0.5) is 15.1 Å². The number of nitrogens with one attached hydrogen (secondary N) is 2. The lowest BCUT2D eigenvalue weighted by atomic mass is 10.4. The molecule has 0 fully saturated rings. The highest BCUT2D eigenvalue weighted by atomic mass is 19.1. The molecule has 0 aromatic carbocycles. The highest BCUT2D eigenvalue weighted by Crippen LogP contribution is 2.01. The van der Waals surface area contributed by atoms with Gasteiger partial charge in [-0.05, 0) is 6.92 Å². The van der Waals surface area contributed by atoms with Crippen LogP contribution in [0.5, 0.6) is 0 Å². The molecule has 0 atom stereocenters. The Hall–Kier alpha value is -2.45. The quantitative estimate of drug-likeness (QED) is 0.840. The van der Waals surface area contributed by atoms with Crippen LogP contribution in [0.25, 0.3) is 0 Å². The van der Waals surface area contributed by atoms with Gasteiger partial charge in [0, 0.05) is 25.4 Å². The number of amides is 2. The van der Waals surface area contributed by atoms with E-state index in [2.05, 4.69) is 25.8 Å². The average Bonchev–Trinajstić information content (AvgIpc) is 2.95. The number of rotatable bonds is 5. The zero-order valence-corrected chi connectivity index (χ0v) is 11.3. The second-order valence-electron chi connectivity index (χ2n) is 4.21. The van der Waals surface area contributed by atoms with Crippen molar-refractivity contribution in [1.29, 1.82) is 0 Å². The van der Waals surface area contributed by atoms with Crippen LogP contribution < -0.4 is 10.6 Å². The van der Waals surface area contributed by atoms with Crippen molar-refractivity contribution in [2.45, 2.75) is 20.0 Å². The highest BCUT2D eigenvalue weighted by Gasteiger charge is 2.07. The van der Waals surface area contributed by atoms with Gasteiger partial charge in [-0.15, -0.1) is 5.10 Å². The van der Waals surface area contributed by atoms with Gasteiger partial charge in [0.05, 0.1) is 12.7 Å². The van der Waals surface area contributed by atoms with Gasteiger partial charge in [-0.25, -0.2) is 9.18 Å². The Bertz CT molecular complexity index is 572. The normalized spacial score (nSPS) is 10.6. The van der Waals surface area contributed by atoms with Crippen molar-refractivity contribution in [3.63, 3.8) is 0 Å². The number of carbonyl (C=O) groups excluding carboxylic acids is 1. The minimum absolute atomic E-state index is 0.212.